The van der Waals surface area contributed by atoms with Crippen molar-refractivity contribution in [2.75, 3.05) is 72.1 Å². The Bertz CT molecular complexity index is 829. The molecule has 0 fully saturated rings. The molecular weight excluding hydrogens is 493 g/mol. The molecule has 0 saturated carbocycles. The molecule has 0 aliphatic rings. The standard InChI is InChI=1S/C20H30NO13P/c1-27-18-13-16(3-4-17(18)21-14-22)19(23)32-15-33-20(24)31-11-9-29-7-5-28-6-8-30-10-12-34-35(2,25)26/h3-4,13-14,25-26H,2,5-12,15H2,1H3,(H,21,22). The molecule has 0 aliphatic heterocycles. The van der Waals surface area contributed by atoms with Crippen LogP contribution in [0.5, 0.6) is 5.75 Å². The number of anilines is 1. The molecule has 3 N–H and O–H groups in total. The fourth-order valence-electron chi connectivity index (χ4n) is 2.23. The zero-order valence-corrected chi connectivity index (χ0v) is 20.1. The number of benzene rings is 1. The highest BCUT2D eigenvalue weighted by atomic mass is 31.2. The quantitative estimate of drug-likeness (QED) is 0.0762. The molecule has 0 atom stereocenters. The van der Waals surface area contributed by atoms with E-state index in [4.69, 9.17) is 38.2 Å². The molecule has 15 heteroatoms. The molecule has 0 radical (unpaired) electrons. The Morgan fingerprint density at radius 3 is 2.11 bits per heavy atom. The summed E-state index contributed by atoms with van der Waals surface area (Å²) in [4.78, 5) is 51.9. The summed E-state index contributed by atoms with van der Waals surface area (Å²) in [6.45, 7) is 0.699. The monoisotopic (exact) mass is 523 g/mol. The largest absolute Gasteiger partial charge is 0.511 e. The van der Waals surface area contributed by atoms with Crippen LogP contribution in [0.15, 0.2) is 18.2 Å². The average Bonchev–Trinajstić information content (AvgIpc) is 2.81. The molecule has 35 heavy (non-hydrogen) atoms. The van der Waals surface area contributed by atoms with E-state index >= 15 is 0 Å². The van der Waals surface area contributed by atoms with Crippen LogP contribution in [-0.2, 0) is 37.7 Å². The summed E-state index contributed by atoms with van der Waals surface area (Å²) in [5.74, 6) is -0.516. The minimum Gasteiger partial charge on any atom is -0.495 e. The second-order valence-electron chi connectivity index (χ2n) is 6.30. The lowest BCUT2D eigenvalue weighted by Gasteiger charge is -2.11. The van der Waals surface area contributed by atoms with Gasteiger partial charge in [0.25, 0.3) is 0 Å². The summed E-state index contributed by atoms with van der Waals surface area (Å²) in [6.07, 6.45) is 2.48. The summed E-state index contributed by atoms with van der Waals surface area (Å²) >= 11 is 0. The third kappa shape index (κ3) is 15.0. The molecule has 0 aromatic heterocycles. The Kier molecular flexibility index (Phi) is 15.3. The van der Waals surface area contributed by atoms with Gasteiger partial charge in [-0.3, -0.25) is 4.79 Å². The topological polar surface area (TPSA) is 178 Å². The van der Waals surface area contributed by atoms with E-state index in [0.29, 0.717) is 25.3 Å². The molecule has 0 bridgehead atoms. The van der Waals surface area contributed by atoms with Crippen molar-refractivity contribution in [2.24, 2.45) is 0 Å². The van der Waals surface area contributed by atoms with Gasteiger partial charge in [-0.25, -0.2) is 9.59 Å². The first-order valence-electron chi connectivity index (χ1n) is 10.2. The molecule has 1 aromatic carbocycles. The molecule has 0 aliphatic carbocycles. The van der Waals surface area contributed by atoms with Gasteiger partial charge < -0.3 is 52.8 Å². The fourth-order valence-corrected chi connectivity index (χ4v) is 2.59. The van der Waals surface area contributed by atoms with Crippen LogP contribution in [0.2, 0.25) is 0 Å². The number of carbonyl (C=O) groups is 3. The lowest BCUT2D eigenvalue weighted by atomic mass is 10.2. The van der Waals surface area contributed by atoms with Crippen LogP contribution >= 0.6 is 7.57 Å². The van der Waals surface area contributed by atoms with E-state index in [1.807, 2.05) is 0 Å². The lowest BCUT2D eigenvalue weighted by molar-refractivity contribution is -0.105. The van der Waals surface area contributed by atoms with Crippen molar-refractivity contribution in [2.45, 2.75) is 0 Å². The number of rotatable bonds is 19. The summed E-state index contributed by atoms with van der Waals surface area (Å²) in [6, 6.07) is 4.22. The van der Waals surface area contributed by atoms with Crippen molar-refractivity contribution >= 4 is 38.1 Å². The van der Waals surface area contributed by atoms with Crippen molar-refractivity contribution in [3.8, 4) is 5.75 Å². The predicted molar refractivity (Wildman–Crippen MR) is 122 cm³/mol. The second-order valence-corrected chi connectivity index (χ2v) is 7.89. The first-order valence-corrected chi connectivity index (χ1v) is 12.0. The summed E-state index contributed by atoms with van der Waals surface area (Å²) in [7, 11) is -2.11. The minimum atomic E-state index is -3.48. The van der Waals surface area contributed by atoms with Gasteiger partial charge in [-0.2, -0.15) is 0 Å². The van der Waals surface area contributed by atoms with E-state index in [-0.39, 0.29) is 51.0 Å². The maximum Gasteiger partial charge on any atom is 0.511 e. The van der Waals surface area contributed by atoms with Crippen LogP contribution in [0.1, 0.15) is 10.4 Å². The molecule has 198 valence electrons. The van der Waals surface area contributed by atoms with E-state index < -0.39 is 26.5 Å². The van der Waals surface area contributed by atoms with Gasteiger partial charge in [0, 0.05) is 0 Å². The zero-order valence-electron chi connectivity index (χ0n) is 19.2. The number of carbonyl (C=O) groups excluding carboxylic acids is 3. The van der Waals surface area contributed by atoms with Crippen molar-refractivity contribution < 1.29 is 61.9 Å². The maximum atomic E-state index is 12.0. The van der Waals surface area contributed by atoms with Gasteiger partial charge in [-0.15, -0.1) is 0 Å². The Morgan fingerprint density at radius 1 is 0.943 bits per heavy atom. The lowest BCUT2D eigenvalue weighted by Crippen LogP contribution is -2.17. The first kappa shape index (κ1) is 30.3. The molecule has 0 saturated heterocycles. The van der Waals surface area contributed by atoms with E-state index in [1.54, 1.807) is 0 Å². The van der Waals surface area contributed by atoms with Crippen LogP contribution < -0.4 is 10.1 Å². The number of hydrogen-bond acceptors (Lipinski definition) is 13. The van der Waals surface area contributed by atoms with Gasteiger partial charge in [-0.1, -0.05) is 0 Å². The highest BCUT2D eigenvalue weighted by Crippen LogP contribution is 2.34. The SMILES string of the molecule is C=P(O)(O)OCCOCCOCCOCCOC(=O)OCOC(=O)c1ccc(NC=O)c(OC)c1. The number of hydrogen-bond donors (Lipinski definition) is 3. The van der Waals surface area contributed by atoms with Crippen LogP contribution in [-0.4, -0.2) is 101 Å². The number of ether oxygens (including phenoxy) is 7. The molecule has 1 aromatic rings. The second kappa shape index (κ2) is 17.7. The van der Waals surface area contributed by atoms with Gasteiger partial charge >= 0.3 is 12.1 Å². The highest BCUT2D eigenvalue weighted by molar-refractivity contribution is 7.57. The molecule has 0 unspecified atom stereocenters. The van der Waals surface area contributed by atoms with Gasteiger partial charge in [0.2, 0.25) is 20.8 Å². The van der Waals surface area contributed by atoms with Gasteiger partial charge in [0.15, 0.2) is 0 Å². The van der Waals surface area contributed by atoms with Crippen molar-refractivity contribution in [1.82, 2.24) is 0 Å². The van der Waals surface area contributed by atoms with E-state index in [1.165, 1.54) is 25.3 Å². The average molecular weight is 523 g/mol. The predicted octanol–water partition coefficient (Wildman–Crippen LogP) is 0.777. The van der Waals surface area contributed by atoms with Crippen LogP contribution in [0.3, 0.4) is 0 Å². The van der Waals surface area contributed by atoms with Gasteiger partial charge in [0.1, 0.15) is 12.4 Å². The van der Waals surface area contributed by atoms with Crippen molar-refractivity contribution in [3.63, 3.8) is 0 Å². The zero-order chi connectivity index (χ0) is 25.9. The summed E-state index contributed by atoms with van der Waals surface area (Å²) in [5.41, 5.74) is 0.500. The minimum absolute atomic E-state index is 0.0165. The maximum absolute atomic E-state index is 12.0. The smallest absolute Gasteiger partial charge is 0.495 e. The van der Waals surface area contributed by atoms with Gasteiger partial charge in [0.05, 0.1) is 64.6 Å². The molecule has 14 nitrogen and oxygen atoms in total. The number of methoxy groups -OCH3 is 1. The van der Waals surface area contributed by atoms with Crippen LogP contribution in [0.25, 0.3) is 0 Å². The molecular formula is C20H30NO13P. The Morgan fingerprint density at radius 2 is 1.54 bits per heavy atom. The summed E-state index contributed by atoms with van der Waals surface area (Å²) in [5, 5.41) is 2.42. The van der Waals surface area contributed by atoms with Crippen molar-refractivity contribution in [3.05, 3.63) is 23.8 Å². The Labute approximate surface area is 202 Å². The molecule has 0 heterocycles. The molecule has 0 spiro atoms. The summed E-state index contributed by atoms with van der Waals surface area (Å²) < 4.78 is 39.6. The molecule has 1 rings (SSSR count). The Hall–Kier alpha value is -2.71. The Balaban J connectivity index is 2.01. The fraction of sp³-hybridized carbons (Fsp3) is 0.500. The van der Waals surface area contributed by atoms with Crippen LogP contribution in [0, 0.1) is 0 Å². The van der Waals surface area contributed by atoms with E-state index in [0.717, 1.165) is 0 Å². The van der Waals surface area contributed by atoms with E-state index in [2.05, 4.69) is 20.9 Å². The van der Waals surface area contributed by atoms with Crippen molar-refractivity contribution in [1.29, 1.82) is 0 Å². The molecule has 1 amide bonds. The number of esters is 1. The van der Waals surface area contributed by atoms with E-state index in [9.17, 15) is 14.4 Å². The van der Waals surface area contributed by atoms with Crippen LogP contribution in [0.4, 0.5) is 10.5 Å². The number of amides is 1. The third-order valence-electron chi connectivity index (χ3n) is 3.74. The normalized spacial score (nSPS) is 10.9. The first-order chi connectivity index (χ1) is 16.8. The highest BCUT2D eigenvalue weighted by Gasteiger charge is 2.13. The number of nitrogens with one attached hydrogen (secondary N) is 1. The third-order valence-corrected chi connectivity index (χ3v) is 4.33. The van der Waals surface area contributed by atoms with Gasteiger partial charge in [-0.05, 0) is 24.5 Å².